The summed E-state index contributed by atoms with van der Waals surface area (Å²) in [4.78, 5) is 43.1. The van der Waals surface area contributed by atoms with Crippen molar-refractivity contribution in [2.75, 3.05) is 36.5 Å². The maximum atomic E-state index is 12.6. The largest absolute Gasteiger partial charge is 0.451 e. The quantitative estimate of drug-likeness (QED) is 0.513. The van der Waals surface area contributed by atoms with Crippen molar-refractivity contribution in [2.45, 2.75) is 32.8 Å². The molecule has 8 nitrogen and oxygen atoms in total. The number of nitrogens with zero attached hydrogens (tertiary/aromatic N) is 2. The lowest BCUT2D eigenvalue weighted by molar-refractivity contribution is -0.116. The Morgan fingerprint density at radius 1 is 1.10 bits per heavy atom. The maximum absolute atomic E-state index is 12.6. The Labute approximate surface area is 181 Å². The monoisotopic (exact) mass is 425 g/mol. The normalized spacial score (nSPS) is 14.6. The number of carbonyl (C=O) groups is 3. The van der Waals surface area contributed by atoms with E-state index < -0.39 is 12.1 Å². The lowest BCUT2D eigenvalue weighted by atomic mass is 10.1. The van der Waals surface area contributed by atoms with Crippen LogP contribution < -0.4 is 10.2 Å². The zero-order chi connectivity index (χ0) is 22.2. The molecule has 1 aliphatic rings. The minimum Gasteiger partial charge on any atom is -0.451 e. The summed E-state index contributed by atoms with van der Waals surface area (Å²) >= 11 is 0. The minimum absolute atomic E-state index is 0.0721. The molecule has 0 aliphatic carbocycles. The molecule has 2 heterocycles. The number of esters is 1. The van der Waals surface area contributed by atoms with Crippen molar-refractivity contribution in [3.8, 4) is 0 Å². The average Bonchev–Trinajstić information content (AvgIpc) is 2.80. The van der Waals surface area contributed by atoms with Gasteiger partial charge in [-0.3, -0.25) is 9.59 Å². The number of hydrogen-bond donors (Lipinski definition) is 1. The van der Waals surface area contributed by atoms with E-state index in [1.165, 1.54) is 13.1 Å². The van der Waals surface area contributed by atoms with Crippen molar-refractivity contribution in [3.63, 3.8) is 0 Å². The number of aromatic nitrogens is 1. The summed E-state index contributed by atoms with van der Waals surface area (Å²) in [5.74, 6) is -0.227. The van der Waals surface area contributed by atoms with Crippen LogP contribution in [0, 0.1) is 0 Å². The van der Waals surface area contributed by atoms with Gasteiger partial charge in [0.15, 0.2) is 6.10 Å². The van der Waals surface area contributed by atoms with E-state index in [1.54, 1.807) is 36.4 Å². The van der Waals surface area contributed by atoms with Crippen LogP contribution in [0.2, 0.25) is 0 Å². The molecule has 2 aromatic rings. The van der Waals surface area contributed by atoms with Crippen molar-refractivity contribution in [2.24, 2.45) is 0 Å². The third-order valence-corrected chi connectivity index (χ3v) is 4.90. The molecule has 1 aromatic heterocycles. The fraction of sp³-hybridized carbons (Fsp3) is 0.391. The highest BCUT2D eigenvalue weighted by Crippen LogP contribution is 2.16. The number of rotatable bonds is 8. The number of nitrogens with one attached hydrogen (secondary N) is 1. The SMILES string of the molecule is CCCC(=O)Nc1ccc(C(=O)C(C)OC(=O)c2ccc(N3CCOCC3)nc2)cc1. The molecule has 1 amide bonds. The van der Waals surface area contributed by atoms with Crippen LogP contribution in [0.5, 0.6) is 0 Å². The standard InChI is InChI=1S/C23H27N3O5/c1-3-4-21(27)25-19-8-5-17(6-9-19)22(28)16(2)31-23(29)18-7-10-20(24-15-18)26-11-13-30-14-12-26/h5-10,15-16H,3-4,11-14H2,1-2H3,(H,25,27). The molecule has 8 heteroatoms. The summed E-state index contributed by atoms with van der Waals surface area (Å²) in [6, 6.07) is 9.93. The Morgan fingerprint density at radius 2 is 1.77 bits per heavy atom. The van der Waals surface area contributed by atoms with E-state index in [0.29, 0.717) is 30.9 Å². The number of ether oxygens (including phenoxy) is 2. The number of hydrogen-bond acceptors (Lipinski definition) is 7. The van der Waals surface area contributed by atoms with E-state index in [9.17, 15) is 14.4 Å². The highest BCUT2D eigenvalue weighted by Gasteiger charge is 2.21. The summed E-state index contributed by atoms with van der Waals surface area (Å²) in [7, 11) is 0. The van der Waals surface area contributed by atoms with E-state index in [4.69, 9.17) is 9.47 Å². The summed E-state index contributed by atoms with van der Waals surface area (Å²) in [5, 5.41) is 2.77. The van der Waals surface area contributed by atoms with Gasteiger partial charge in [-0.1, -0.05) is 6.92 Å². The summed E-state index contributed by atoms with van der Waals surface area (Å²) in [6.07, 6.45) is 1.71. The zero-order valence-corrected chi connectivity index (χ0v) is 17.8. The molecule has 3 rings (SSSR count). The van der Waals surface area contributed by atoms with Gasteiger partial charge >= 0.3 is 5.97 Å². The van der Waals surface area contributed by atoms with Gasteiger partial charge in [-0.05, 0) is 49.7 Å². The van der Waals surface area contributed by atoms with Crippen LogP contribution in [0.4, 0.5) is 11.5 Å². The van der Waals surface area contributed by atoms with Crippen molar-refractivity contribution in [1.29, 1.82) is 0 Å². The molecule has 0 spiro atoms. The number of anilines is 2. The van der Waals surface area contributed by atoms with Gasteiger partial charge in [0.1, 0.15) is 5.82 Å². The predicted molar refractivity (Wildman–Crippen MR) is 116 cm³/mol. The second-order valence-corrected chi connectivity index (χ2v) is 7.29. The Balaban J connectivity index is 1.56. The third-order valence-electron chi connectivity index (χ3n) is 4.90. The number of morpholine rings is 1. The van der Waals surface area contributed by atoms with Gasteiger partial charge in [-0.2, -0.15) is 0 Å². The van der Waals surface area contributed by atoms with Gasteiger partial charge in [-0.15, -0.1) is 0 Å². The van der Waals surface area contributed by atoms with Crippen LogP contribution in [0.3, 0.4) is 0 Å². The summed E-state index contributed by atoms with van der Waals surface area (Å²) in [6.45, 7) is 6.27. The first-order chi connectivity index (χ1) is 15.0. The predicted octanol–water partition coefficient (Wildman–Crippen LogP) is 3.09. The van der Waals surface area contributed by atoms with Gasteiger partial charge < -0.3 is 19.7 Å². The molecule has 164 valence electrons. The van der Waals surface area contributed by atoms with Crippen LogP contribution in [0.15, 0.2) is 42.6 Å². The molecule has 1 unspecified atom stereocenters. The van der Waals surface area contributed by atoms with Gasteiger partial charge in [0.25, 0.3) is 0 Å². The molecule has 31 heavy (non-hydrogen) atoms. The average molecular weight is 425 g/mol. The fourth-order valence-electron chi connectivity index (χ4n) is 3.17. The second kappa shape index (κ2) is 10.7. The molecule has 1 aromatic carbocycles. The van der Waals surface area contributed by atoms with Gasteiger partial charge in [-0.25, -0.2) is 9.78 Å². The topological polar surface area (TPSA) is 97.8 Å². The second-order valence-electron chi connectivity index (χ2n) is 7.29. The lowest BCUT2D eigenvalue weighted by Crippen LogP contribution is -2.36. The molecule has 1 fully saturated rings. The number of carbonyl (C=O) groups excluding carboxylic acids is 3. The first-order valence-electron chi connectivity index (χ1n) is 10.4. The van der Waals surface area contributed by atoms with E-state index in [-0.39, 0.29) is 17.3 Å². The summed E-state index contributed by atoms with van der Waals surface area (Å²) in [5.41, 5.74) is 1.30. The molecular formula is C23H27N3O5. The van der Waals surface area contributed by atoms with E-state index in [1.807, 2.05) is 6.92 Å². The van der Waals surface area contributed by atoms with Gasteiger partial charge in [0.2, 0.25) is 11.7 Å². The fourth-order valence-corrected chi connectivity index (χ4v) is 3.17. The van der Waals surface area contributed by atoms with Crippen molar-refractivity contribution < 1.29 is 23.9 Å². The van der Waals surface area contributed by atoms with Crippen LogP contribution in [-0.2, 0) is 14.3 Å². The number of benzene rings is 1. The Hall–Kier alpha value is -3.26. The van der Waals surface area contributed by atoms with Crippen molar-refractivity contribution >= 4 is 29.2 Å². The molecule has 1 aliphatic heterocycles. The summed E-state index contributed by atoms with van der Waals surface area (Å²) < 4.78 is 10.7. The van der Waals surface area contributed by atoms with Crippen LogP contribution in [0.25, 0.3) is 0 Å². The van der Waals surface area contributed by atoms with Crippen molar-refractivity contribution in [3.05, 3.63) is 53.7 Å². The zero-order valence-electron chi connectivity index (χ0n) is 17.8. The van der Waals surface area contributed by atoms with Crippen LogP contribution >= 0.6 is 0 Å². The van der Waals surface area contributed by atoms with E-state index >= 15 is 0 Å². The lowest BCUT2D eigenvalue weighted by Gasteiger charge is -2.27. The highest BCUT2D eigenvalue weighted by molar-refractivity contribution is 6.02. The Kier molecular flexibility index (Phi) is 7.72. The maximum Gasteiger partial charge on any atom is 0.340 e. The molecule has 0 saturated carbocycles. The van der Waals surface area contributed by atoms with Crippen molar-refractivity contribution in [1.82, 2.24) is 4.98 Å². The number of pyridine rings is 1. The highest BCUT2D eigenvalue weighted by atomic mass is 16.5. The van der Waals surface area contributed by atoms with Gasteiger partial charge in [0, 0.05) is 37.0 Å². The Bertz CT molecular complexity index is 906. The van der Waals surface area contributed by atoms with Crippen LogP contribution in [-0.4, -0.2) is 55.1 Å². The van der Waals surface area contributed by atoms with Crippen LogP contribution in [0.1, 0.15) is 47.4 Å². The molecular weight excluding hydrogens is 398 g/mol. The first-order valence-corrected chi connectivity index (χ1v) is 10.4. The molecule has 1 atom stereocenters. The molecule has 1 saturated heterocycles. The number of ketones is 1. The number of amides is 1. The molecule has 0 radical (unpaired) electrons. The third kappa shape index (κ3) is 6.11. The molecule has 0 bridgehead atoms. The van der Waals surface area contributed by atoms with E-state index in [2.05, 4.69) is 15.2 Å². The smallest absolute Gasteiger partial charge is 0.340 e. The Morgan fingerprint density at radius 3 is 2.39 bits per heavy atom. The number of Topliss-reactive ketones (excluding diaryl/α,β-unsaturated/α-hetero) is 1. The van der Waals surface area contributed by atoms with Gasteiger partial charge in [0.05, 0.1) is 18.8 Å². The minimum atomic E-state index is -0.952. The first kappa shape index (κ1) is 22.4. The molecule has 1 N–H and O–H groups in total. The van der Waals surface area contributed by atoms with E-state index in [0.717, 1.165) is 25.3 Å².